The van der Waals surface area contributed by atoms with Gasteiger partial charge in [-0.1, -0.05) is 11.3 Å². The van der Waals surface area contributed by atoms with Crippen LogP contribution in [0.25, 0.3) is 11.4 Å². The summed E-state index contributed by atoms with van der Waals surface area (Å²) in [5, 5.41) is 11.7. The molecule has 0 atom stereocenters. The quantitative estimate of drug-likeness (QED) is 0.709. The van der Waals surface area contributed by atoms with Crippen molar-refractivity contribution in [2.75, 3.05) is 18.4 Å². The summed E-state index contributed by atoms with van der Waals surface area (Å²) < 4.78 is 5.87. The molecule has 26 heavy (non-hydrogen) atoms. The van der Waals surface area contributed by atoms with Crippen LogP contribution in [-0.2, 0) is 0 Å². The lowest BCUT2D eigenvalue weighted by Crippen LogP contribution is -2.35. The van der Waals surface area contributed by atoms with Crippen molar-refractivity contribution in [2.24, 2.45) is 4.99 Å². The van der Waals surface area contributed by atoms with Crippen LogP contribution in [0.2, 0.25) is 0 Å². The Balaban J connectivity index is 1.47. The van der Waals surface area contributed by atoms with Gasteiger partial charge in [-0.25, -0.2) is 9.97 Å². The van der Waals surface area contributed by atoms with Gasteiger partial charge in [0.05, 0.1) is 5.69 Å². The van der Waals surface area contributed by atoms with E-state index < -0.39 is 0 Å². The molecule has 134 valence electrons. The first-order valence-electron chi connectivity index (χ1n) is 8.26. The van der Waals surface area contributed by atoms with E-state index >= 15 is 0 Å². The second-order valence-electron chi connectivity index (χ2n) is 5.81. The van der Waals surface area contributed by atoms with Crippen LogP contribution in [0.1, 0.15) is 17.8 Å². The third-order valence-corrected chi connectivity index (χ3v) is 5.22. The Bertz CT molecular complexity index is 948. The number of anilines is 1. The SMILES string of the molecule is Cc1ccc(Oc2nc(-c3csc(NC4=NCCCN4)n3)cs2)c(C)n1. The molecule has 4 rings (SSSR count). The smallest absolute Gasteiger partial charge is 0.279 e. The van der Waals surface area contributed by atoms with Crippen LogP contribution in [0.5, 0.6) is 10.9 Å². The van der Waals surface area contributed by atoms with Gasteiger partial charge in [0.15, 0.2) is 16.8 Å². The molecule has 7 nitrogen and oxygen atoms in total. The largest absolute Gasteiger partial charge is 0.429 e. The number of ether oxygens (including phenoxy) is 1. The predicted molar refractivity (Wildman–Crippen MR) is 106 cm³/mol. The highest BCUT2D eigenvalue weighted by Crippen LogP contribution is 2.32. The summed E-state index contributed by atoms with van der Waals surface area (Å²) in [5.74, 6) is 1.50. The second-order valence-corrected chi connectivity index (χ2v) is 7.49. The van der Waals surface area contributed by atoms with Crippen LogP contribution >= 0.6 is 22.7 Å². The molecule has 0 amide bonds. The fourth-order valence-corrected chi connectivity index (χ4v) is 3.84. The summed E-state index contributed by atoms with van der Waals surface area (Å²) >= 11 is 2.97. The van der Waals surface area contributed by atoms with Gasteiger partial charge in [-0.05, 0) is 32.4 Å². The van der Waals surface area contributed by atoms with E-state index in [1.165, 1.54) is 22.7 Å². The van der Waals surface area contributed by atoms with Crippen molar-refractivity contribution in [2.45, 2.75) is 20.3 Å². The number of rotatable bonds is 4. The maximum atomic E-state index is 5.87. The number of hydrogen-bond acceptors (Lipinski definition) is 9. The molecule has 0 spiro atoms. The van der Waals surface area contributed by atoms with E-state index in [-0.39, 0.29) is 0 Å². The molecule has 0 saturated heterocycles. The number of aromatic nitrogens is 3. The number of thiazole rings is 2. The Morgan fingerprint density at radius 2 is 1.92 bits per heavy atom. The average molecular weight is 387 g/mol. The molecule has 3 aromatic heterocycles. The van der Waals surface area contributed by atoms with Crippen LogP contribution in [0.3, 0.4) is 0 Å². The van der Waals surface area contributed by atoms with Crippen molar-refractivity contribution in [1.29, 1.82) is 0 Å². The fourth-order valence-electron chi connectivity index (χ4n) is 2.46. The second kappa shape index (κ2) is 7.38. The molecule has 0 unspecified atom stereocenters. The molecule has 9 heteroatoms. The molecule has 0 aromatic carbocycles. The van der Waals surface area contributed by atoms with Crippen molar-refractivity contribution < 1.29 is 4.74 Å². The van der Waals surface area contributed by atoms with E-state index in [1.807, 2.05) is 36.7 Å². The molecule has 0 radical (unpaired) electrons. The molecule has 3 aromatic rings. The molecule has 0 fully saturated rings. The molecular weight excluding hydrogens is 368 g/mol. The summed E-state index contributed by atoms with van der Waals surface area (Å²) in [5.41, 5.74) is 3.43. The minimum Gasteiger partial charge on any atom is -0.429 e. The van der Waals surface area contributed by atoms with Crippen molar-refractivity contribution in [3.8, 4) is 22.3 Å². The zero-order chi connectivity index (χ0) is 17.9. The molecule has 4 heterocycles. The molecule has 1 aliphatic rings. The van der Waals surface area contributed by atoms with Crippen molar-refractivity contribution in [1.82, 2.24) is 20.3 Å². The number of nitrogens with zero attached hydrogens (tertiary/aromatic N) is 4. The first-order valence-corrected chi connectivity index (χ1v) is 10.0. The maximum Gasteiger partial charge on any atom is 0.279 e. The third-order valence-electron chi connectivity index (χ3n) is 3.75. The van der Waals surface area contributed by atoms with Gasteiger partial charge in [0.2, 0.25) is 0 Å². The first kappa shape index (κ1) is 16.9. The molecular formula is C17H18N6OS2. The van der Waals surface area contributed by atoms with Crippen LogP contribution < -0.4 is 15.4 Å². The number of aryl methyl sites for hydroxylation is 2. The van der Waals surface area contributed by atoms with E-state index in [0.717, 1.165) is 59.1 Å². The molecule has 0 bridgehead atoms. The highest BCUT2D eigenvalue weighted by molar-refractivity contribution is 7.14. The van der Waals surface area contributed by atoms with Gasteiger partial charge in [0.1, 0.15) is 11.4 Å². The average Bonchev–Trinajstić information content (AvgIpc) is 3.28. The van der Waals surface area contributed by atoms with Gasteiger partial charge in [0, 0.05) is 29.5 Å². The number of pyridine rings is 1. The maximum absolute atomic E-state index is 5.87. The van der Waals surface area contributed by atoms with Gasteiger partial charge in [-0.15, -0.1) is 11.3 Å². The Labute approximate surface area is 159 Å². The molecule has 0 saturated carbocycles. The van der Waals surface area contributed by atoms with Crippen LogP contribution in [-0.4, -0.2) is 34.0 Å². The number of aliphatic imine (C=N–C) groups is 1. The standard InChI is InChI=1S/C17H18N6OS2/c1-10-4-5-14(11(2)20-10)24-17-22-13(9-26-17)12-8-25-16(21-12)23-15-18-6-3-7-19-15/h4-5,8-9H,3,6-7H2,1-2H3,(H2,18,19,21,23). The minimum absolute atomic E-state index is 0.578. The highest BCUT2D eigenvalue weighted by atomic mass is 32.1. The zero-order valence-electron chi connectivity index (χ0n) is 14.4. The van der Waals surface area contributed by atoms with Gasteiger partial charge in [-0.2, -0.15) is 0 Å². The Morgan fingerprint density at radius 1 is 1.08 bits per heavy atom. The first-order chi connectivity index (χ1) is 12.7. The van der Waals surface area contributed by atoms with E-state index in [4.69, 9.17) is 4.74 Å². The zero-order valence-corrected chi connectivity index (χ0v) is 16.1. The topological polar surface area (TPSA) is 84.3 Å². The highest BCUT2D eigenvalue weighted by Gasteiger charge is 2.13. The van der Waals surface area contributed by atoms with Gasteiger partial charge >= 0.3 is 0 Å². The fraction of sp³-hybridized carbons (Fsp3) is 0.294. The Morgan fingerprint density at radius 3 is 2.73 bits per heavy atom. The van der Waals surface area contributed by atoms with Crippen LogP contribution in [0, 0.1) is 13.8 Å². The predicted octanol–water partition coefficient (Wildman–Crippen LogP) is 3.83. The van der Waals surface area contributed by atoms with Gasteiger partial charge < -0.3 is 15.4 Å². The van der Waals surface area contributed by atoms with Gasteiger partial charge in [0.25, 0.3) is 5.19 Å². The van der Waals surface area contributed by atoms with E-state index in [1.54, 1.807) is 0 Å². The summed E-state index contributed by atoms with van der Waals surface area (Å²) in [6.07, 6.45) is 1.06. The Kier molecular flexibility index (Phi) is 4.81. The van der Waals surface area contributed by atoms with Crippen LogP contribution in [0.15, 0.2) is 27.9 Å². The summed E-state index contributed by atoms with van der Waals surface area (Å²) in [4.78, 5) is 17.9. The van der Waals surface area contributed by atoms with E-state index in [0.29, 0.717) is 5.19 Å². The minimum atomic E-state index is 0.578. The summed E-state index contributed by atoms with van der Waals surface area (Å²) in [7, 11) is 0. The lowest BCUT2D eigenvalue weighted by atomic mass is 10.3. The number of guanidine groups is 1. The number of hydrogen-bond donors (Lipinski definition) is 2. The summed E-state index contributed by atoms with van der Waals surface area (Å²) in [6, 6.07) is 3.85. The lowest BCUT2D eigenvalue weighted by molar-refractivity contribution is 0.472. The molecule has 0 aliphatic carbocycles. The van der Waals surface area contributed by atoms with E-state index in [9.17, 15) is 0 Å². The van der Waals surface area contributed by atoms with Crippen molar-refractivity contribution >= 4 is 33.8 Å². The van der Waals surface area contributed by atoms with E-state index in [2.05, 4.69) is 30.6 Å². The van der Waals surface area contributed by atoms with Crippen LogP contribution in [0.4, 0.5) is 5.13 Å². The molecule has 2 N–H and O–H groups in total. The van der Waals surface area contributed by atoms with Crippen molar-refractivity contribution in [3.05, 3.63) is 34.3 Å². The Hall–Kier alpha value is -2.52. The molecule has 1 aliphatic heterocycles. The monoisotopic (exact) mass is 386 g/mol. The third kappa shape index (κ3) is 3.83. The number of nitrogens with one attached hydrogen (secondary N) is 2. The summed E-state index contributed by atoms with van der Waals surface area (Å²) in [6.45, 7) is 5.66. The normalized spacial score (nSPS) is 13.8. The lowest BCUT2D eigenvalue weighted by Gasteiger charge is -2.13. The van der Waals surface area contributed by atoms with Crippen molar-refractivity contribution in [3.63, 3.8) is 0 Å². The van der Waals surface area contributed by atoms with Gasteiger partial charge in [-0.3, -0.25) is 9.98 Å².